The van der Waals surface area contributed by atoms with Crippen LogP contribution < -0.4 is 10.1 Å². The lowest BCUT2D eigenvalue weighted by Crippen LogP contribution is -2.55. The van der Waals surface area contributed by atoms with Gasteiger partial charge >= 0.3 is 0 Å². The number of aromatic hydroxyl groups is 1. The maximum absolute atomic E-state index is 10.5. The minimum atomic E-state index is -0.468. The Balaban J connectivity index is 1.95. The molecule has 1 heterocycles. The largest absolute Gasteiger partial charge is 0.504 e. The molecular weight excluding hydrogens is 266 g/mol. The minimum Gasteiger partial charge on any atom is -0.504 e. The van der Waals surface area contributed by atoms with Gasteiger partial charge in [-0.3, -0.25) is 0 Å². The monoisotopic (exact) mass is 287 g/mol. The van der Waals surface area contributed by atoms with Crippen LogP contribution in [0.4, 0.5) is 0 Å². The molecule has 1 aliphatic heterocycles. The molecule has 0 bridgehead atoms. The summed E-state index contributed by atoms with van der Waals surface area (Å²) in [6, 6.07) is 3.64. The first kappa shape index (κ1) is 13.2. The van der Waals surface area contributed by atoms with Crippen LogP contribution in [0.25, 0.3) is 6.08 Å². The molecule has 21 heavy (non-hydrogen) atoms. The van der Waals surface area contributed by atoms with E-state index in [4.69, 9.17) is 4.74 Å². The second-order valence-corrected chi connectivity index (χ2v) is 6.42. The molecule has 0 spiro atoms. The topological polar surface area (TPSA) is 61.7 Å². The van der Waals surface area contributed by atoms with Gasteiger partial charge in [0.15, 0.2) is 11.5 Å². The number of allylic oxidation sites excluding steroid dienone is 1. The highest BCUT2D eigenvalue weighted by atomic mass is 16.5. The molecule has 0 radical (unpaired) electrons. The highest BCUT2D eigenvalue weighted by Crippen LogP contribution is 2.60. The van der Waals surface area contributed by atoms with Crippen molar-refractivity contribution in [3.63, 3.8) is 0 Å². The SMILES string of the molecule is CNCC[C@@]12c3c4ccc(O)c3O[C@@H]1[C@@H](O)CC[C@@H]2C=C4. The Kier molecular flexibility index (Phi) is 2.81. The van der Waals surface area contributed by atoms with Gasteiger partial charge < -0.3 is 20.3 Å². The second-order valence-electron chi connectivity index (χ2n) is 6.42. The molecule has 4 nitrogen and oxygen atoms in total. The van der Waals surface area contributed by atoms with Crippen molar-refractivity contribution in [2.45, 2.75) is 36.9 Å². The van der Waals surface area contributed by atoms with E-state index in [0.29, 0.717) is 11.7 Å². The van der Waals surface area contributed by atoms with Crippen molar-refractivity contribution in [2.75, 3.05) is 13.6 Å². The van der Waals surface area contributed by atoms with Crippen molar-refractivity contribution in [3.05, 3.63) is 29.3 Å². The van der Waals surface area contributed by atoms with Crippen LogP contribution in [-0.2, 0) is 5.41 Å². The molecule has 0 unspecified atom stereocenters. The van der Waals surface area contributed by atoms with E-state index in [1.165, 1.54) is 0 Å². The van der Waals surface area contributed by atoms with Crippen LogP contribution in [0, 0.1) is 5.92 Å². The number of hydrogen-bond acceptors (Lipinski definition) is 4. The van der Waals surface area contributed by atoms with Crippen molar-refractivity contribution < 1.29 is 14.9 Å². The van der Waals surface area contributed by atoms with E-state index in [-0.39, 0.29) is 17.3 Å². The summed E-state index contributed by atoms with van der Waals surface area (Å²) in [4.78, 5) is 0. The Labute approximate surface area is 124 Å². The molecule has 3 N–H and O–H groups in total. The van der Waals surface area contributed by atoms with E-state index in [0.717, 1.165) is 36.9 Å². The van der Waals surface area contributed by atoms with E-state index in [2.05, 4.69) is 17.5 Å². The average molecular weight is 287 g/mol. The summed E-state index contributed by atoms with van der Waals surface area (Å²) in [5, 5.41) is 23.9. The molecule has 1 fully saturated rings. The standard InChI is InChI=1S/C17H21NO3/c1-18-9-8-17-11-4-2-10-3-6-12(19)15(14(10)17)21-16(17)13(20)7-5-11/h2-4,6,11,13,16,18-20H,5,7-9H2,1H3/t11-,13-,16+,17+/m0/s1. The number of hydrogen-bond donors (Lipinski definition) is 3. The smallest absolute Gasteiger partial charge is 0.166 e. The van der Waals surface area contributed by atoms with Gasteiger partial charge in [-0.1, -0.05) is 18.2 Å². The van der Waals surface area contributed by atoms with E-state index in [1.54, 1.807) is 6.07 Å². The van der Waals surface area contributed by atoms with E-state index in [9.17, 15) is 10.2 Å². The molecule has 4 heteroatoms. The van der Waals surface area contributed by atoms with Gasteiger partial charge in [0, 0.05) is 11.0 Å². The Morgan fingerprint density at radius 2 is 2.24 bits per heavy atom. The fourth-order valence-corrected chi connectivity index (χ4v) is 4.55. The molecule has 1 aromatic carbocycles. The van der Waals surface area contributed by atoms with Crippen molar-refractivity contribution in [2.24, 2.45) is 5.92 Å². The lowest BCUT2D eigenvalue weighted by Gasteiger charge is -2.47. The highest BCUT2D eigenvalue weighted by Gasteiger charge is 2.59. The van der Waals surface area contributed by atoms with Gasteiger partial charge in [0.25, 0.3) is 0 Å². The maximum Gasteiger partial charge on any atom is 0.166 e. The quantitative estimate of drug-likeness (QED) is 0.793. The van der Waals surface area contributed by atoms with Crippen LogP contribution in [0.15, 0.2) is 18.2 Å². The second kappa shape index (κ2) is 4.49. The summed E-state index contributed by atoms with van der Waals surface area (Å²) in [5.41, 5.74) is 2.01. The normalized spacial score (nSPS) is 35.4. The van der Waals surface area contributed by atoms with Crippen LogP contribution in [0.1, 0.15) is 30.4 Å². The predicted octanol–water partition coefficient (Wildman–Crippen LogP) is 1.80. The molecule has 4 atom stereocenters. The zero-order valence-electron chi connectivity index (χ0n) is 12.2. The van der Waals surface area contributed by atoms with Crippen LogP contribution in [0.5, 0.6) is 11.5 Å². The molecule has 4 rings (SSSR count). The van der Waals surface area contributed by atoms with Crippen LogP contribution in [-0.4, -0.2) is 36.0 Å². The van der Waals surface area contributed by atoms with Gasteiger partial charge in [-0.25, -0.2) is 0 Å². The zero-order chi connectivity index (χ0) is 14.6. The van der Waals surface area contributed by atoms with Gasteiger partial charge in [0.2, 0.25) is 0 Å². The summed E-state index contributed by atoms with van der Waals surface area (Å²) in [6.07, 6.45) is 6.32. The summed E-state index contributed by atoms with van der Waals surface area (Å²) in [7, 11) is 1.95. The Morgan fingerprint density at radius 3 is 3.05 bits per heavy atom. The van der Waals surface area contributed by atoms with Crippen molar-refractivity contribution >= 4 is 6.08 Å². The molecular formula is C17H21NO3. The van der Waals surface area contributed by atoms with E-state index in [1.807, 2.05) is 13.1 Å². The van der Waals surface area contributed by atoms with E-state index >= 15 is 0 Å². The van der Waals surface area contributed by atoms with Crippen molar-refractivity contribution in [1.29, 1.82) is 0 Å². The lowest BCUT2D eigenvalue weighted by molar-refractivity contribution is -0.0452. The number of phenols is 1. The predicted molar refractivity (Wildman–Crippen MR) is 80.5 cm³/mol. The van der Waals surface area contributed by atoms with Crippen molar-refractivity contribution in [1.82, 2.24) is 5.32 Å². The average Bonchev–Trinajstić information content (AvgIpc) is 2.85. The summed E-state index contributed by atoms with van der Waals surface area (Å²) >= 11 is 0. The third-order valence-corrected chi connectivity index (χ3v) is 5.47. The Morgan fingerprint density at radius 1 is 1.38 bits per heavy atom. The van der Waals surface area contributed by atoms with Crippen molar-refractivity contribution in [3.8, 4) is 11.5 Å². The first-order valence-electron chi connectivity index (χ1n) is 7.72. The van der Waals surface area contributed by atoms with Gasteiger partial charge in [-0.15, -0.1) is 0 Å². The number of nitrogens with one attached hydrogen (secondary N) is 1. The molecule has 112 valence electrons. The number of aliphatic hydroxyl groups excluding tert-OH is 1. The Bertz CT molecular complexity index is 612. The Hall–Kier alpha value is -1.52. The third kappa shape index (κ3) is 1.57. The number of benzene rings is 1. The molecule has 0 saturated heterocycles. The zero-order valence-corrected chi connectivity index (χ0v) is 12.2. The third-order valence-electron chi connectivity index (χ3n) is 5.47. The number of ether oxygens (including phenoxy) is 1. The van der Waals surface area contributed by atoms with E-state index < -0.39 is 6.10 Å². The fourth-order valence-electron chi connectivity index (χ4n) is 4.55. The first-order valence-corrected chi connectivity index (χ1v) is 7.72. The fraction of sp³-hybridized carbons (Fsp3) is 0.529. The number of aliphatic hydroxyl groups is 1. The summed E-state index contributed by atoms with van der Waals surface area (Å²) in [6.45, 7) is 0.867. The lowest BCUT2D eigenvalue weighted by atomic mass is 9.56. The van der Waals surface area contributed by atoms with Gasteiger partial charge in [0.1, 0.15) is 6.10 Å². The number of rotatable bonds is 3. The van der Waals surface area contributed by atoms with Crippen LogP contribution in [0.2, 0.25) is 0 Å². The van der Waals surface area contributed by atoms with Crippen LogP contribution in [0.3, 0.4) is 0 Å². The minimum absolute atomic E-state index is 0.188. The highest BCUT2D eigenvalue weighted by molar-refractivity contribution is 5.70. The van der Waals surface area contributed by atoms with Gasteiger partial charge in [-0.05, 0) is 50.4 Å². The maximum atomic E-state index is 10.5. The molecule has 2 aliphatic carbocycles. The molecule has 0 aromatic heterocycles. The van der Waals surface area contributed by atoms with Gasteiger partial charge in [0.05, 0.1) is 6.10 Å². The first-order chi connectivity index (χ1) is 10.2. The van der Waals surface area contributed by atoms with Gasteiger partial charge in [-0.2, -0.15) is 0 Å². The number of phenolic OH excluding ortho intramolecular Hbond substituents is 1. The molecule has 1 saturated carbocycles. The molecule has 3 aliphatic rings. The summed E-state index contributed by atoms with van der Waals surface area (Å²) in [5.74, 6) is 1.15. The molecule has 0 amide bonds. The molecule has 1 aromatic rings. The summed E-state index contributed by atoms with van der Waals surface area (Å²) < 4.78 is 6.08. The van der Waals surface area contributed by atoms with Crippen LogP contribution >= 0.6 is 0 Å².